The SMILES string of the molecule is CCc1c(-c2ccco2)sc(C#N)c1N. The summed E-state index contributed by atoms with van der Waals surface area (Å²) < 4.78 is 5.32. The lowest BCUT2D eigenvalue weighted by molar-refractivity contribution is 0.583. The summed E-state index contributed by atoms with van der Waals surface area (Å²) in [7, 11) is 0. The zero-order valence-corrected chi connectivity index (χ0v) is 9.10. The summed E-state index contributed by atoms with van der Waals surface area (Å²) in [6, 6.07) is 5.81. The van der Waals surface area contributed by atoms with Gasteiger partial charge in [0, 0.05) is 0 Å². The van der Waals surface area contributed by atoms with Crippen molar-refractivity contribution in [2.24, 2.45) is 0 Å². The van der Waals surface area contributed by atoms with Gasteiger partial charge in [-0.25, -0.2) is 0 Å². The minimum absolute atomic E-state index is 0.568. The highest BCUT2D eigenvalue weighted by atomic mass is 32.1. The Morgan fingerprint density at radius 3 is 2.93 bits per heavy atom. The molecule has 2 heterocycles. The van der Waals surface area contributed by atoms with E-state index in [-0.39, 0.29) is 0 Å². The van der Waals surface area contributed by atoms with Crippen molar-refractivity contribution in [3.05, 3.63) is 28.8 Å². The van der Waals surface area contributed by atoms with Crippen LogP contribution in [-0.2, 0) is 6.42 Å². The van der Waals surface area contributed by atoms with Gasteiger partial charge in [0.05, 0.1) is 16.8 Å². The Morgan fingerprint density at radius 2 is 2.40 bits per heavy atom. The fraction of sp³-hybridized carbons (Fsp3) is 0.182. The molecule has 2 rings (SSSR count). The first kappa shape index (κ1) is 9.81. The van der Waals surface area contributed by atoms with E-state index in [1.165, 1.54) is 11.3 Å². The monoisotopic (exact) mass is 218 g/mol. The molecule has 2 aromatic heterocycles. The zero-order chi connectivity index (χ0) is 10.8. The van der Waals surface area contributed by atoms with Crippen LogP contribution in [-0.4, -0.2) is 0 Å². The van der Waals surface area contributed by atoms with Crippen LogP contribution in [0.25, 0.3) is 10.6 Å². The number of nitrogens with two attached hydrogens (primary N) is 1. The molecule has 0 aromatic carbocycles. The molecule has 0 unspecified atom stereocenters. The average Bonchev–Trinajstić information content (AvgIpc) is 2.84. The van der Waals surface area contributed by atoms with E-state index in [1.807, 2.05) is 19.1 Å². The molecule has 0 atom stereocenters. The maximum absolute atomic E-state index is 8.90. The number of nitrogen functional groups attached to an aromatic ring is 1. The molecule has 0 saturated carbocycles. The van der Waals surface area contributed by atoms with Gasteiger partial charge < -0.3 is 10.2 Å². The molecule has 2 N–H and O–H groups in total. The summed E-state index contributed by atoms with van der Waals surface area (Å²) in [5, 5.41) is 8.90. The first-order valence-electron chi connectivity index (χ1n) is 4.63. The number of thiophene rings is 1. The molecule has 2 aromatic rings. The highest BCUT2D eigenvalue weighted by Crippen LogP contribution is 2.38. The van der Waals surface area contributed by atoms with E-state index in [9.17, 15) is 0 Å². The van der Waals surface area contributed by atoms with E-state index in [0.717, 1.165) is 22.6 Å². The van der Waals surface area contributed by atoms with Crippen LogP contribution >= 0.6 is 11.3 Å². The minimum atomic E-state index is 0.568. The standard InChI is InChI=1S/C11H10N2OS/c1-2-7-10(13)9(6-12)15-11(7)8-4-3-5-14-8/h3-5H,2,13H2,1H3. The highest BCUT2D eigenvalue weighted by molar-refractivity contribution is 7.16. The summed E-state index contributed by atoms with van der Waals surface area (Å²) in [4.78, 5) is 1.54. The van der Waals surface area contributed by atoms with Gasteiger partial charge in [-0.2, -0.15) is 5.26 Å². The number of hydrogen-bond donors (Lipinski definition) is 1. The van der Waals surface area contributed by atoms with Gasteiger partial charge in [0.15, 0.2) is 0 Å². The minimum Gasteiger partial charge on any atom is -0.464 e. The quantitative estimate of drug-likeness (QED) is 0.842. The molecule has 0 spiro atoms. The van der Waals surface area contributed by atoms with Gasteiger partial charge in [0.1, 0.15) is 16.7 Å². The fourth-order valence-corrected chi connectivity index (χ4v) is 2.60. The Morgan fingerprint density at radius 1 is 1.60 bits per heavy atom. The van der Waals surface area contributed by atoms with Crippen LogP contribution in [0.15, 0.2) is 22.8 Å². The van der Waals surface area contributed by atoms with Crippen molar-refractivity contribution in [3.63, 3.8) is 0 Å². The van der Waals surface area contributed by atoms with E-state index in [2.05, 4.69) is 6.07 Å². The van der Waals surface area contributed by atoms with Crippen LogP contribution in [0.5, 0.6) is 0 Å². The molecule has 0 saturated heterocycles. The summed E-state index contributed by atoms with van der Waals surface area (Å²) in [5.74, 6) is 0.782. The lowest BCUT2D eigenvalue weighted by Crippen LogP contribution is -1.90. The van der Waals surface area contributed by atoms with Crippen LogP contribution in [0, 0.1) is 11.3 Å². The van der Waals surface area contributed by atoms with E-state index < -0.39 is 0 Å². The molecule has 0 fully saturated rings. The third-order valence-electron chi connectivity index (χ3n) is 2.25. The Kier molecular flexibility index (Phi) is 2.48. The summed E-state index contributed by atoms with van der Waals surface area (Å²) in [6.45, 7) is 2.02. The van der Waals surface area contributed by atoms with Crippen LogP contribution in [0.2, 0.25) is 0 Å². The molecular weight excluding hydrogens is 208 g/mol. The fourth-order valence-electron chi connectivity index (χ4n) is 1.52. The highest BCUT2D eigenvalue weighted by Gasteiger charge is 2.17. The van der Waals surface area contributed by atoms with Crippen LogP contribution in [0.3, 0.4) is 0 Å². The van der Waals surface area contributed by atoms with Crippen molar-refractivity contribution in [1.82, 2.24) is 0 Å². The Bertz CT molecular complexity index is 505. The molecule has 0 aliphatic rings. The molecule has 15 heavy (non-hydrogen) atoms. The molecule has 4 heteroatoms. The Balaban J connectivity index is 2.63. The number of hydrogen-bond acceptors (Lipinski definition) is 4. The lowest BCUT2D eigenvalue weighted by Gasteiger charge is -1.98. The Hall–Kier alpha value is -1.73. The molecule has 0 aliphatic carbocycles. The number of anilines is 1. The number of furan rings is 1. The largest absolute Gasteiger partial charge is 0.464 e. The molecule has 0 bridgehead atoms. The number of nitrogens with zero attached hydrogens (tertiary/aromatic N) is 1. The third kappa shape index (κ3) is 1.51. The van der Waals surface area contributed by atoms with Gasteiger partial charge in [0.25, 0.3) is 0 Å². The van der Waals surface area contributed by atoms with Crippen LogP contribution < -0.4 is 5.73 Å². The smallest absolute Gasteiger partial charge is 0.144 e. The lowest BCUT2D eigenvalue weighted by atomic mass is 10.1. The second kappa shape index (κ2) is 3.79. The maximum atomic E-state index is 8.90. The Labute approximate surface area is 91.8 Å². The summed E-state index contributed by atoms with van der Waals surface area (Å²) in [6.07, 6.45) is 2.43. The maximum Gasteiger partial charge on any atom is 0.144 e. The van der Waals surface area contributed by atoms with Gasteiger partial charge in [-0.1, -0.05) is 6.92 Å². The summed E-state index contributed by atoms with van der Waals surface area (Å²) >= 11 is 1.39. The van der Waals surface area contributed by atoms with Gasteiger partial charge in [0.2, 0.25) is 0 Å². The van der Waals surface area contributed by atoms with Crippen molar-refractivity contribution in [3.8, 4) is 16.7 Å². The van der Waals surface area contributed by atoms with Crippen LogP contribution in [0.4, 0.5) is 5.69 Å². The predicted molar refractivity (Wildman–Crippen MR) is 60.5 cm³/mol. The second-order valence-corrected chi connectivity index (χ2v) is 4.12. The topological polar surface area (TPSA) is 63.0 Å². The van der Waals surface area contributed by atoms with Gasteiger partial charge in [-0.05, 0) is 24.1 Å². The molecule has 76 valence electrons. The first-order valence-corrected chi connectivity index (χ1v) is 5.44. The van der Waals surface area contributed by atoms with Crippen molar-refractivity contribution in [2.45, 2.75) is 13.3 Å². The van der Waals surface area contributed by atoms with Gasteiger partial charge in [-0.15, -0.1) is 11.3 Å². The second-order valence-electron chi connectivity index (χ2n) is 3.10. The van der Waals surface area contributed by atoms with Gasteiger partial charge >= 0.3 is 0 Å². The van der Waals surface area contributed by atoms with E-state index in [0.29, 0.717) is 10.6 Å². The number of nitriles is 1. The average molecular weight is 218 g/mol. The molecule has 3 nitrogen and oxygen atoms in total. The third-order valence-corrected chi connectivity index (χ3v) is 3.42. The van der Waals surface area contributed by atoms with Crippen LogP contribution in [0.1, 0.15) is 17.4 Å². The molecule has 0 radical (unpaired) electrons. The van der Waals surface area contributed by atoms with E-state index >= 15 is 0 Å². The van der Waals surface area contributed by atoms with Gasteiger partial charge in [-0.3, -0.25) is 0 Å². The molecule has 0 amide bonds. The number of rotatable bonds is 2. The molecular formula is C11H10N2OS. The molecule has 0 aliphatic heterocycles. The van der Waals surface area contributed by atoms with Crippen molar-refractivity contribution in [1.29, 1.82) is 5.26 Å². The van der Waals surface area contributed by atoms with E-state index in [1.54, 1.807) is 6.26 Å². The first-order chi connectivity index (χ1) is 7.27. The summed E-state index contributed by atoms with van der Waals surface area (Å²) in [5.41, 5.74) is 7.48. The van der Waals surface area contributed by atoms with Crippen molar-refractivity contribution < 1.29 is 4.42 Å². The van der Waals surface area contributed by atoms with Crippen molar-refractivity contribution in [2.75, 3.05) is 5.73 Å². The van der Waals surface area contributed by atoms with Crippen molar-refractivity contribution >= 4 is 17.0 Å². The predicted octanol–water partition coefficient (Wildman–Crippen LogP) is 3.02. The normalized spacial score (nSPS) is 10.1. The zero-order valence-electron chi connectivity index (χ0n) is 8.28. The van der Waals surface area contributed by atoms with E-state index in [4.69, 9.17) is 15.4 Å².